The van der Waals surface area contributed by atoms with Crippen molar-refractivity contribution in [1.29, 1.82) is 0 Å². The van der Waals surface area contributed by atoms with E-state index in [-0.39, 0.29) is 30.0 Å². The highest BCUT2D eigenvalue weighted by molar-refractivity contribution is 7.13. The van der Waals surface area contributed by atoms with Crippen molar-refractivity contribution in [2.45, 2.75) is 12.8 Å². The number of benzene rings is 1. The Kier molecular flexibility index (Phi) is 6.77. The number of carbonyl (C=O) groups excluding carboxylic acids is 1. The summed E-state index contributed by atoms with van der Waals surface area (Å²) in [6, 6.07) is 9.81. The molecule has 0 aliphatic carbocycles. The van der Waals surface area contributed by atoms with Crippen molar-refractivity contribution >= 4 is 29.7 Å². The van der Waals surface area contributed by atoms with Crippen LogP contribution in [-0.4, -0.2) is 40.3 Å². The Balaban J connectivity index is 0.00000225. The monoisotopic (exact) mass is 421 g/mol. The quantitative estimate of drug-likeness (QED) is 0.640. The van der Waals surface area contributed by atoms with Crippen molar-refractivity contribution < 1.29 is 9.18 Å². The molecule has 1 unspecified atom stereocenters. The molecule has 0 bridgehead atoms. The number of carbonyl (C=O) groups is 1. The normalized spacial score (nSPS) is 16.0. The fourth-order valence-corrected chi connectivity index (χ4v) is 3.86. The van der Waals surface area contributed by atoms with Crippen molar-refractivity contribution in [3.05, 3.63) is 53.4 Å². The summed E-state index contributed by atoms with van der Waals surface area (Å²) in [5.74, 6) is 0.682. The van der Waals surface area contributed by atoms with Crippen LogP contribution in [0.15, 0.2) is 41.8 Å². The molecule has 1 fully saturated rings. The van der Waals surface area contributed by atoms with Gasteiger partial charge in [0.1, 0.15) is 5.82 Å². The number of thiophene rings is 1. The molecule has 6 nitrogen and oxygen atoms in total. The number of aromatic nitrogens is 3. The molecule has 1 aliphatic heterocycles. The Bertz CT molecular complexity index is 907. The van der Waals surface area contributed by atoms with Crippen LogP contribution in [0.25, 0.3) is 16.4 Å². The molecule has 0 spiro atoms. The molecular weight excluding hydrogens is 401 g/mol. The van der Waals surface area contributed by atoms with Gasteiger partial charge in [-0.2, -0.15) is 0 Å². The minimum Gasteiger partial charge on any atom is -0.349 e. The van der Waals surface area contributed by atoms with E-state index >= 15 is 0 Å². The fraction of sp³-hybridized carbons (Fsp3) is 0.316. The van der Waals surface area contributed by atoms with E-state index < -0.39 is 0 Å². The van der Waals surface area contributed by atoms with Gasteiger partial charge in [-0.05, 0) is 67.6 Å². The van der Waals surface area contributed by atoms with Gasteiger partial charge in [0.05, 0.1) is 10.6 Å². The van der Waals surface area contributed by atoms with Gasteiger partial charge in [-0.1, -0.05) is 6.07 Å². The summed E-state index contributed by atoms with van der Waals surface area (Å²) in [6.07, 6.45) is 2.09. The van der Waals surface area contributed by atoms with Crippen LogP contribution in [0.3, 0.4) is 0 Å². The molecule has 1 aromatic carbocycles. The molecule has 28 heavy (non-hydrogen) atoms. The minimum atomic E-state index is -0.323. The first-order valence-corrected chi connectivity index (χ1v) is 9.84. The van der Waals surface area contributed by atoms with E-state index in [0.29, 0.717) is 24.0 Å². The van der Waals surface area contributed by atoms with Crippen LogP contribution >= 0.6 is 23.7 Å². The molecule has 1 aliphatic rings. The molecule has 0 saturated carbocycles. The van der Waals surface area contributed by atoms with E-state index in [1.165, 1.54) is 23.5 Å². The van der Waals surface area contributed by atoms with Crippen LogP contribution < -0.4 is 10.6 Å². The second-order valence-corrected chi connectivity index (χ2v) is 7.48. The molecule has 148 valence electrons. The highest BCUT2D eigenvalue weighted by Gasteiger charge is 2.20. The maximum atomic E-state index is 13.3. The van der Waals surface area contributed by atoms with Gasteiger partial charge in [0.2, 0.25) is 5.82 Å². The lowest BCUT2D eigenvalue weighted by molar-refractivity contribution is 0.0941. The predicted molar refractivity (Wildman–Crippen MR) is 110 cm³/mol. The van der Waals surface area contributed by atoms with Gasteiger partial charge in [0.15, 0.2) is 5.82 Å². The van der Waals surface area contributed by atoms with Crippen molar-refractivity contribution in [3.63, 3.8) is 0 Å². The Labute approximate surface area is 172 Å². The van der Waals surface area contributed by atoms with E-state index in [9.17, 15) is 9.18 Å². The van der Waals surface area contributed by atoms with Crippen molar-refractivity contribution in [1.82, 2.24) is 25.4 Å². The van der Waals surface area contributed by atoms with Crippen LogP contribution in [0.1, 0.15) is 23.5 Å². The third kappa shape index (κ3) is 4.57. The molecular formula is C19H21ClFN5OS. The Morgan fingerprint density at radius 3 is 2.82 bits per heavy atom. The Hall–Kier alpha value is -2.29. The fourth-order valence-electron chi connectivity index (χ4n) is 3.17. The van der Waals surface area contributed by atoms with Gasteiger partial charge in [-0.25, -0.2) is 14.1 Å². The van der Waals surface area contributed by atoms with Gasteiger partial charge in [-0.3, -0.25) is 4.79 Å². The van der Waals surface area contributed by atoms with Gasteiger partial charge >= 0.3 is 0 Å². The summed E-state index contributed by atoms with van der Waals surface area (Å²) in [5, 5.41) is 12.6. The number of hydrogen-bond donors (Lipinski definition) is 2. The molecule has 3 heterocycles. The molecule has 2 N–H and O–H groups in total. The second kappa shape index (κ2) is 9.27. The molecule has 1 saturated heterocycles. The number of nitrogens with zero attached hydrogens (tertiary/aromatic N) is 3. The van der Waals surface area contributed by atoms with Gasteiger partial charge in [-0.15, -0.1) is 28.8 Å². The molecule has 3 aromatic rings. The van der Waals surface area contributed by atoms with Crippen LogP contribution in [0.4, 0.5) is 4.39 Å². The van der Waals surface area contributed by atoms with Gasteiger partial charge < -0.3 is 10.6 Å². The molecule has 0 radical (unpaired) electrons. The Morgan fingerprint density at radius 1 is 1.32 bits per heavy atom. The molecule has 2 aromatic heterocycles. The molecule has 1 atom stereocenters. The first kappa shape index (κ1) is 20.4. The average Bonchev–Trinajstić information content (AvgIpc) is 3.43. The lowest BCUT2D eigenvalue weighted by atomic mass is 10.1. The Morgan fingerprint density at radius 2 is 2.14 bits per heavy atom. The van der Waals surface area contributed by atoms with E-state index in [2.05, 4.69) is 20.7 Å². The topological polar surface area (TPSA) is 71.8 Å². The van der Waals surface area contributed by atoms with Crippen LogP contribution in [0.2, 0.25) is 0 Å². The molecule has 1 amide bonds. The first-order chi connectivity index (χ1) is 13.2. The zero-order valence-electron chi connectivity index (χ0n) is 15.1. The zero-order valence-corrected chi connectivity index (χ0v) is 16.7. The molecule has 4 rings (SSSR count). The summed E-state index contributed by atoms with van der Waals surface area (Å²) in [7, 11) is 0. The number of rotatable bonds is 6. The van der Waals surface area contributed by atoms with Crippen LogP contribution in [-0.2, 0) is 0 Å². The van der Waals surface area contributed by atoms with E-state index in [4.69, 9.17) is 0 Å². The van der Waals surface area contributed by atoms with Crippen molar-refractivity contribution in [2.24, 2.45) is 5.92 Å². The smallest absolute Gasteiger partial charge is 0.290 e. The van der Waals surface area contributed by atoms with Crippen LogP contribution in [0, 0.1) is 11.7 Å². The van der Waals surface area contributed by atoms with Crippen molar-refractivity contribution in [3.8, 4) is 16.4 Å². The lowest BCUT2D eigenvalue weighted by Gasteiger charge is -2.07. The summed E-state index contributed by atoms with van der Waals surface area (Å²) >= 11 is 1.51. The SMILES string of the molecule is Cl.O=C(NCCC1CCNC1)c1nc(-c2cccs2)n(-c2ccc(F)cc2)n1. The first-order valence-electron chi connectivity index (χ1n) is 8.96. The highest BCUT2D eigenvalue weighted by Crippen LogP contribution is 2.25. The van der Waals surface area contributed by atoms with Crippen LogP contribution in [0.5, 0.6) is 0 Å². The van der Waals surface area contributed by atoms with E-state index in [1.54, 1.807) is 16.8 Å². The summed E-state index contributed by atoms with van der Waals surface area (Å²) in [6.45, 7) is 2.66. The lowest BCUT2D eigenvalue weighted by Crippen LogP contribution is -2.27. The largest absolute Gasteiger partial charge is 0.349 e. The minimum absolute atomic E-state index is 0. The summed E-state index contributed by atoms with van der Waals surface area (Å²) < 4.78 is 14.8. The van der Waals surface area contributed by atoms with E-state index in [0.717, 1.165) is 30.8 Å². The maximum Gasteiger partial charge on any atom is 0.290 e. The second-order valence-electron chi connectivity index (χ2n) is 6.53. The summed E-state index contributed by atoms with van der Waals surface area (Å²) in [4.78, 5) is 17.9. The number of hydrogen-bond acceptors (Lipinski definition) is 5. The third-order valence-corrected chi connectivity index (χ3v) is 5.49. The zero-order chi connectivity index (χ0) is 18.6. The number of halogens is 2. The third-order valence-electron chi connectivity index (χ3n) is 4.62. The maximum absolute atomic E-state index is 13.3. The summed E-state index contributed by atoms with van der Waals surface area (Å²) in [5.41, 5.74) is 0.656. The van der Waals surface area contributed by atoms with E-state index in [1.807, 2.05) is 17.5 Å². The molecule has 9 heteroatoms. The predicted octanol–water partition coefficient (Wildman–Crippen LogP) is 3.29. The van der Waals surface area contributed by atoms with Crippen molar-refractivity contribution in [2.75, 3.05) is 19.6 Å². The number of nitrogens with one attached hydrogen (secondary N) is 2. The standard InChI is InChI=1S/C19H20FN5OS.ClH/c20-14-3-5-15(6-4-14)25-18(16-2-1-11-27-16)23-17(24-25)19(26)22-10-8-13-7-9-21-12-13;/h1-6,11,13,21H,7-10,12H2,(H,22,26);1H. The number of amides is 1. The average molecular weight is 422 g/mol. The van der Waals surface area contributed by atoms with Gasteiger partial charge in [0, 0.05) is 6.54 Å². The highest BCUT2D eigenvalue weighted by atomic mass is 35.5. The van der Waals surface area contributed by atoms with Gasteiger partial charge in [0.25, 0.3) is 5.91 Å².